The van der Waals surface area contributed by atoms with E-state index in [2.05, 4.69) is 21.2 Å². The smallest absolute Gasteiger partial charge is 0.240 e. The minimum Gasteiger partial charge on any atom is -0.467 e. The van der Waals surface area contributed by atoms with E-state index in [-0.39, 0.29) is 18.4 Å². The van der Waals surface area contributed by atoms with Gasteiger partial charge in [0, 0.05) is 16.6 Å². The molecule has 0 aliphatic carbocycles. The summed E-state index contributed by atoms with van der Waals surface area (Å²) < 4.78 is 6.14. The number of nitrogens with one attached hydrogen (secondary N) is 1. The van der Waals surface area contributed by atoms with Crippen molar-refractivity contribution in [1.82, 2.24) is 5.32 Å². The van der Waals surface area contributed by atoms with E-state index >= 15 is 0 Å². The molecule has 114 valence electrons. The third-order valence-corrected chi connectivity index (χ3v) is 4.08. The van der Waals surface area contributed by atoms with Crippen LogP contribution < -0.4 is 10.2 Å². The topological polar surface area (TPSA) is 62.6 Å². The average molecular weight is 363 g/mol. The number of rotatable bonds is 4. The van der Waals surface area contributed by atoms with Crippen LogP contribution >= 0.6 is 15.9 Å². The minimum absolute atomic E-state index is 0.0220. The Balaban J connectivity index is 1.69. The maximum atomic E-state index is 12.1. The maximum Gasteiger partial charge on any atom is 0.240 e. The lowest BCUT2D eigenvalue weighted by atomic mass is 10.0. The summed E-state index contributed by atoms with van der Waals surface area (Å²) in [5, 5.41) is 2.76. The molecule has 0 saturated carbocycles. The Hall–Kier alpha value is -2.08. The Kier molecular flexibility index (Phi) is 4.29. The zero-order valence-corrected chi connectivity index (χ0v) is 13.4. The summed E-state index contributed by atoms with van der Waals surface area (Å²) in [4.78, 5) is 25.7. The highest BCUT2D eigenvalue weighted by atomic mass is 79.9. The average Bonchev–Trinajstić information content (AvgIpc) is 3.01. The molecule has 1 aromatic carbocycles. The molecule has 0 radical (unpaired) electrons. The molecule has 3 rings (SSSR count). The van der Waals surface area contributed by atoms with E-state index < -0.39 is 0 Å². The first-order valence-corrected chi connectivity index (χ1v) is 7.80. The van der Waals surface area contributed by atoms with Crippen molar-refractivity contribution in [3.63, 3.8) is 0 Å². The highest BCUT2D eigenvalue weighted by Crippen LogP contribution is 2.30. The summed E-state index contributed by atoms with van der Waals surface area (Å²) in [6.45, 7) is 0.342. The second kappa shape index (κ2) is 6.36. The highest BCUT2D eigenvalue weighted by molar-refractivity contribution is 9.10. The number of halogens is 1. The lowest BCUT2D eigenvalue weighted by Crippen LogP contribution is -2.42. The maximum absolute atomic E-state index is 12.1. The number of benzene rings is 1. The number of hydrogen-bond donors (Lipinski definition) is 1. The van der Waals surface area contributed by atoms with E-state index in [9.17, 15) is 9.59 Å². The molecular weight excluding hydrogens is 348 g/mol. The van der Waals surface area contributed by atoms with Gasteiger partial charge in [0.1, 0.15) is 12.3 Å². The standard InChI is InChI=1S/C16H15BrN2O3/c17-12-4-5-14-11(8-12)3-6-16(21)19(14)10-15(20)18-9-13-2-1-7-22-13/h1-2,4-5,7-8H,3,6,9-10H2,(H,18,20). The lowest BCUT2D eigenvalue weighted by molar-refractivity contribution is -0.124. The largest absolute Gasteiger partial charge is 0.467 e. The van der Waals surface area contributed by atoms with Gasteiger partial charge in [-0.25, -0.2) is 0 Å². The van der Waals surface area contributed by atoms with Gasteiger partial charge in [0.2, 0.25) is 11.8 Å². The first-order chi connectivity index (χ1) is 10.6. The molecule has 2 heterocycles. The molecule has 0 atom stereocenters. The van der Waals surface area contributed by atoms with Gasteiger partial charge in [-0.1, -0.05) is 15.9 Å². The van der Waals surface area contributed by atoms with Crippen LogP contribution in [0.25, 0.3) is 0 Å². The SMILES string of the molecule is O=C(CN1C(=O)CCc2cc(Br)ccc21)NCc1ccco1. The van der Waals surface area contributed by atoms with Gasteiger partial charge < -0.3 is 14.6 Å². The van der Waals surface area contributed by atoms with Crippen molar-refractivity contribution in [1.29, 1.82) is 0 Å². The number of fused-ring (bicyclic) bond motifs is 1. The van der Waals surface area contributed by atoms with Crippen LogP contribution in [-0.4, -0.2) is 18.4 Å². The van der Waals surface area contributed by atoms with Crippen LogP contribution in [0.4, 0.5) is 5.69 Å². The molecular formula is C16H15BrN2O3. The van der Waals surface area contributed by atoms with Gasteiger partial charge >= 0.3 is 0 Å². The van der Waals surface area contributed by atoms with Gasteiger partial charge in [-0.05, 0) is 42.3 Å². The van der Waals surface area contributed by atoms with E-state index in [1.165, 1.54) is 0 Å². The van der Waals surface area contributed by atoms with Crippen LogP contribution in [-0.2, 0) is 22.6 Å². The summed E-state index contributed by atoms with van der Waals surface area (Å²) >= 11 is 3.43. The van der Waals surface area contributed by atoms with Crippen LogP contribution in [0, 0.1) is 0 Å². The second-order valence-electron chi connectivity index (χ2n) is 5.11. The number of carbonyl (C=O) groups is 2. The fourth-order valence-electron chi connectivity index (χ4n) is 2.50. The van der Waals surface area contributed by atoms with E-state index in [1.54, 1.807) is 23.3 Å². The summed E-state index contributed by atoms with van der Waals surface area (Å²) in [6.07, 6.45) is 2.69. The Morgan fingerprint density at radius 3 is 2.95 bits per heavy atom. The van der Waals surface area contributed by atoms with Gasteiger partial charge in [0.15, 0.2) is 0 Å². The quantitative estimate of drug-likeness (QED) is 0.909. The number of anilines is 1. The number of aryl methyl sites for hydroxylation is 1. The molecule has 0 unspecified atom stereocenters. The number of furan rings is 1. The Bertz CT molecular complexity index is 697. The molecule has 0 fully saturated rings. The molecule has 0 bridgehead atoms. The van der Waals surface area contributed by atoms with Crippen molar-refractivity contribution in [2.75, 3.05) is 11.4 Å². The zero-order valence-electron chi connectivity index (χ0n) is 11.8. The summed E-state index contributed by atoms with van der Waals surface area (Å²) in [5.41, 5.74) is 1.89. The van der Waals surface area contributed by atoms with Crippen molar-refractivity contribution in [2.24, 2.45) is 0 Å². The second-order valence-corrected chi connectivity index (χ2v) is 6.02. The first-order valence-electron chi connectivity index (χ1n) is 7.01. The first kappa shape index (κ1) is 14.8. The zero-order chi connectivity index (χ0) is 15.5. The van der Waals surface area contributed by atoms with E-state index in [0.29, 0.717) is 25.1 Å². The molecule has 2 amide bonds. The fourth-order valence-corrected chi connectivity index (χ4v) is 2.91. The minimum atomic E-state index is -0.208. The van der Waals surface area contributed by atoms with Crippen molar-refractivity contribution in [3.8, 4) is 0 Å². The van der Waals surface area contributed by atoms with Crippen molar-refractivity contribution in [3.05, 3.63) is 52.4 Å². The van der Waals surface area contributed by atoms with Crippen LogP contribution in [0.3, 0.4) is 0 Å². The molecule has 1 aromatic heterocycles. The number of amides is 2. The third kappa shape index (κ3) is 3.22. The predicted octanol–water partition coefficient (Wildman–Crippen LogP) is 2.64. The molecule has 22 heavy (non-hydrogen) atoms. The van der Waals surface area contributed by atoms with Crippen LogP contribution in [0.15, 0.2) is 45.5 Å². The molecule has 6 heteroatoms. The third-order valence-electron chi connectivity index (χ3n) is 3.58. The lowest BCUT2D eigenvalue weighted by Gasteiger charge is -2.29. The fraction of sp³-hybridized carbons (Fsp3) is 0.250. The van der Waals surface area contributed by atoms with Crippen molar-refractivity contribution >= 4 is 33.4 Å². The number of carbonyl (C=O) groups excluding carboxylic acids is 2. The molecule has 0 spiro atoms. The van der Waals surface area contributed by atoms with E-state index in [0.717, 1.165) is 15.7 Å². The Labute approximate surface area is 136 Å². The van der Waals surface area contributed by atoms with Crippen LogP contribution in [0.5, 0.6) is 0 Å². The van der Waals surface area contributed by atoms with Gasteiger partial charge in [-0.2, -0.15) is 0 Å². The number of hydrogen-bond acceptors (Lipinski definition) is 3. The molecule has 1 aliphatic heterocycles. The van der Waals surface area contributed by atoms with E-state index in [4.69, 9.17) is 4.42 Å². The normalized spacial score (nSPS) is 13.9. The summed E-state index contributed by atoms with van der Waals surface area (Å²) in [7, 11) is 0. The molecule has 5 nitrogen and oxygen atoms in total. The Morgan fingerprint density at radius 1 is 1.32 bits per heavy atom. The monoisotopic (exact) mass is 362 g/mol. The molecule has 0 saturated heterocycles. The van der Waals surface area contributed by atoms with Gasteiger partial charge in [0.05, 0.1) is 12.8 Å². The van der Waals surface area contributed by atoms with E-state index in [1.807, 2.05) is 18.2 Å². The predicted molar refractivity (Wildman–Crippen MR) is 85.4 cm³/mol. The van der Waals surface area contributed by atoms with Crippen molar-refractivity contribution < 1.29 is 14.0 Å². The number of nitrogens with zero attached hydrogens (tertiary/aromatic N) is 1. The van der Waals surface area contributed by atoms with Gasteiger partial charge in [-0.15, -0.1) is 0 Å². The molecule has 2 aromatic rings. The summed E-state index contributed by atoms with van der Waals surface area (Å²) in [6, 6.07) is 9.31. The summed E-state index contributed by atoms with van der Waals surface area (Å²) in [5.74, 6) is 0.450. The van der Waals surface area contributed by atoms with Crippen molar-refractivity contribution in [2.45, 2.75) is 19.4 Å². The molecule has 1 aliphatic rings. The van der Waals surface area contributed by atoms with Gasteiger partial charge in [0.25, 0.3) is 0 Å². The molecule has 1 N–H and O–H groups in total. The Morgan fingerprint density at radius 2 is 2.18 bits per heavy atom. The van der Waals surface area contributed by atoms with Gasteiger partial charge in [-0.3, -0.25) is 9.59 Å². The highest BCUT2D eigenvalue weighted by Gasteiger charge is 2.25. The van der Waals surface area contributed by atoms with Crippen LogP contribution in [0.1, 0.15) is 17.7 Å². The van der Waals surface area contributed by atoms with Crippen LogP contribution in [0.2, 0.25) is 0 Å².